The Bertz CT molecular complexity index is 591. The molecule has 1 nitrogen and oxygen atoms in total. The number of Topliss-reactive ketones (excluding diaryl/α,β-unsaturated/α-hetero) is 1. The lowest BCUT2D eigenvalue weighted by Gasteiger charge is -2.06. The zero-order valence-corrected chi connectivity index (χ0v) is 11.4. The van der Waals surface area contributed by atoms with Crippen LogP contribution in [0.25, 0.3) is 0 Å². The van der Waals surface area contributed by atoms with Gasteiger partial charge in [0.25, 0.3) is 0 Å². The molecular weight excluding hydrogens is 267 g/mol. The Balaban J connectivity index is 2.27. The van der Waals surface area contributed by atoms with Crippen molar-refractivity contribution >= 4 is 29.0 Å². The smallest absolute Gasteiger partial charge is 0.167 e. The van der Waals surface area contributed by atoms with E-state index in [0.717, 1.165) is 16.7 Å². The molecule has 0 saturated heterocycles. The van der Waals surface area contributed by atoms with Crippen LogP contribution in [0.15, 0.2) is 42.5 Å². The molecule has 3 heteroatoms. The number of hydrogen-bond acceptors (Lipinski definition) is 1. The van der Waals surface area contributed by atoms with E-state index >= 15 is 0 Å². The summed E-state index contributed by atoms with van der Waals surface area (Å²) in [5.74, 6) is 0.0530. The molecule has 0 amide bonds. The normalized spacial score (nSPS) is 10.4. The van der Waals surface area contributed by atoms with Crippen molar-refractivity contribution in [1.82, 2.24) is 0 Å². The van der Waals surface area contributed by atoms with E-state index in [-0.39, 0.29) is 12.2 Å². The minimum absolute atomic E-state index is 0.0530. The number of ketones is 1. The van der Waals surface area contributed by atoms with Gasteiger partial charge in [-0.05, 0) is 36.2 Å². The summed E-state index contributed by atoms with van der Waals surface area (Å²) >= 11 is 12.0. The van der Waals surface area contributed by atoms with Crippen LogP contribution in [0.2, 0.25) is 10.0 Å². The van der Waals surface area contributed by atoms with Gasteiger partial charge in [0, 0.05) is 22.0 Å². The van der Waals surface area contributed by atoms with Crippen LogP contribution >= 0.6 is 23.2 Å². The zero-order chi connectivity index (χ0) is 13.1. The number of aryl methyl sites for hydroxylation is 1. The lowest BCUT2D eigenvalue weighted by Crippen LogP contribution is -2.05. The van der Waals surface area contributed by atoms with Gasteiger partial charge in [-0.15, -0.1) is 0 Å². The van der Waals surface area contributed by atoms with E-state index in [0.29, 0.717) is 10.0 Å². The molecule has 0 atom stereocenters. The fourth-order valence-corrected chi connectivity index (χ4v) is 2.21. The maximum atomic E-state index is 12.2. The Hall–Kier alpha value is -1.31. The van der Waals surface area contributed by atoms with Crippen LogP contribution in [0.4, 0.5) is 0 Å². The van der Waals surface area contributed by atoms with Gasteiger partial charge >= 0.3 is 0 Å². The predicted molar refractivity (Wildman–Crippen MR) is 75.7 cm³/mol. The Morgan fingerprint density at radius 1 is 1.11 bits per heavy atom. The van der Waals surface area contributed by atoms with Crippen molar-refractivity contribution < 1.29 is 4.79 Å². The Kier molecular flexibility index (Phi) is 4.05. The van der Waals surface area contributed by atoms with Crippen molar-refractivity contribution in [3.05, 3.63) is 69.2 Å². The number of carbonyl (C=O) groups excluding carboxylic acids is 1. The molecule has 0 heterocycles. The summed E-state index contributed by atoms with van der Waals surface area (Å²) in [5, 5.41) is 1.16. The van der Waals surface area contributed by atoms with Crippen LogP contribution < -0.4 is 0 Å². The van der Waals surface area contributed by atoms with Gasteiger partial charge in [-0.1, -0.05) is 47.5 Å². The number of rotatable bonds is 3. The first kappa shape index (κ1) is 13.1. The van der Waals surface area contributed by atoms with E-state index in [9.17, 15) is 4.79 Å². The minimum Gasteiger partial charge on any atom is -0.294 e. The van der Waals surface area contributed by atoms with Gasteiger partial charge in [0.15, 0.2) is 5.78 Å². The van der Waals surface area contributed by atoms with Gasteiger partial charge in [-0.25, -0.2) is 0 Å². The molecule has 0 saturated carbocycles. The van der Waals surface area contributed by atoms with Crippen LogP contribution in [-0.4, -0.2) is 5.78 Å². The van der Waals surface area contributed by atoms with Crippen molar-refractivity contribution in [2.75, 3.05) is 0 Å². The van der Waals surface area contributed by atoms with Crippen LogP contribution in [0.3, 0.4) is 0 Å². The molecule has 0 N–H and O–H groups in total. The molecule has 0 aliphatic carbocycles. The van der Waals surface area contributed by atoms with E-state index in [1.165, 1.54) is 0 Å². The Morgan fingerprint density at radius 3 is 2.56 bits per heavy atom. The second kappa shape index (κ2) is 5.55. The molecule has 0 spiro atoms. The van der Waals surface area contributed by atoms with E-state index in [4.69, 9.17) is 23.2 Å². The summed E-state index contributed by atoms with van der Waals surface area (Å²) < 4.78 is 0. The molecule has 18 heavy (non-hydrogen) atoms. The van der Waals surface area contributed by atoms with Crippen LogP contribution in [0, 0.1) is 6.92 Å². The van der Waals surface area contributed by atoms with E-state index in [2.05, 4.69) is 0 Å². The number of hydrogen-bond donors (Lipinski definition) is 0. The van der Waals surface area contributed by atoms with E-state index in [1.54, 1.807) is 18.2 Å². The standard InChI is InChI=1S/C15H12Cl2O/c1-10-4-2-3-5-13(10)15(18)9-11-8-12(16)6-7-14(11)17/h2-8H,9H2,1H3. The predicted octanol–water partition coefficient (Wildman–Crippen LogP) is 4.73. The van der Waals surface area contributed by atoms with Crippen molar-refractivity contribution in [3.8, 4) is 0 Å². The minimum atomic E-state index is 0.0530. The summed E-state index contributed by atoms with van der Waals surface area (Å²) in [6, 6.07) is 12.7. The molecule has 0 aromatic heterocycles. The lowest BCUT2D eigenvalue weighted by molar-refractivity contribution is 0.0992. The Labute approximate surface area is 116 Å². The highest BCUT2D eigenvalue weighted by Crippen LogP contribution is 2.22. The highest BCUT2D eigenvalue weighted by Gasteiger charge is 2.11. The molecule has 2 aromatic carbocycles. The van der Waals surface area contributed by atoms with Crippen molar-refractivity contribution in [2.24, 2.45) is 0 Å². The van der Waals surface area contributed by atoms with Crippen molar-refractivity contribution in [3.63, 3.8) is 0 Å². The monoisotopic (exact) mass is 278 g/mol. The van der Waals surface area contributed by atoms with Crippen molar-refractivity contribution in [1.29, 1.82) is 0 Å². The lowest BCUT2D eigenvalue weighted by atomic mass is 9.99. The Morgan fingerprint density at radius 2 is 1.83 bits per heavy atom. The highest BCUT2D eigenvalue weighted by molar-refractivity contribution is 6.33. The highest BCUT2D eigenvalue weighted by atomic mass is 35.5. The van der Waals surface area contributed by atoms with Crippen LogP contribution in [0.5, 0.6) is 0 Å². The maximum Gasteiger partial charge on any atom is 0.167 e. The molecule has 0 aliphatic heterocycles. The van der Waals surface area contributed by atoms with Gasteiger partial charge in [0.1, 0.15) is 0 Å². The first-order valence-electron chi connectivity index (χ1n) is 5.60. The maximum absolute atomic E-state index is 12.2. The third kappa shape index (κ3) is 2.92. The summed E-state index contributed by atoms with van der Waals surface area (Å²) in [6.45, 7) is 1.92. The van der Waals surface area contributed by atoms with Gasteiger partial charge < -0.3 is 0 Å². The fourth-order valence-electron chi connectivity index (χ4n) is 1.83. The largest absolute Gasteiger partial charge is 0.294 e. The molecule has 2 rings (SSSR count). The van der Waals surface area contributed by atoms with Gasteiger partial charge in [0.2, 0.25) is 0 Å². The molecule has 0 radical (unpaired) electrons. The number of carbonyl (C=O) groups is 1. The number of halogens is 2. The van der Waals surface area contributed by atoms with Gasteiger partial charge in [-0.2, -0.15) is 0 Å². The topological polar surface area (TPSA) is 17.1 Å². The summed E-state index contributed by atoms with van der Waals surface area (Å²) in [5.41, 5.74) is 2.46. The van der Waals surface area contributed by atoms with E-state index in [1.807, 2.05) is 31.2 Å². The quantitative estimate of drug-likeness (QED) is 0.742. The third-order valence-electron chi connectivity index (χ3n) is 2.80. The third-order valence-corrected chi connectivity index (χ3v) is 3.41. The first-order valence-corrected chi connectivity index (χ1v) is 6.36. The molecule has 2 aromatic rings. The average molecular weight is 279 g/mol. The molecule has 0 aliphatic rings. The summed E-state index contributed by atoms with van der Waals surface area (Å²) in [6.07, 6.45) is 0.268. The average Bonchev–Trinajstić information content (AvgIpc) is 2.34. The second-order valence-electron chi connectivity index (χ2n) is 4.15. The first-order chi connectivity index (χ1) is 8.58. The number of benzene rings is 2. The van der Waals surface area contributed by atoms with Crippen LogP contribution in [0.1, 0.15) is 21.5 Å². The van der Waals surface area contributed by atoms with Crippen LogP contribution in [-0.2, 0) is 6.42 Å². The molecule has 0 fully saturated rings. The molecule has 92 valence electrons. The molecule has 0 unspecified atom stereocenters. The van der Waals surface area contributed by atoms with Gasteiger partial charge in [-0.3, -0.25) is 4.79 Å². The van der Waals surface area contributed by atoms with Gasteiger partial charge in [0.05, 0.1) is 0 Å². The summed E-state index contributed by atoms with van der Waals surface area (Å²) in [4.78, 5) is 12.2. The van der Waals surface area contributed by atoms with Crippen molar-refractivity contribution in [2.45, 2.75) is 13.3 Å². The SMILES string of the molecule is Cc1ccccc1C(=O)Cc1cc(Cl)ccc1Cl. The summed E-state index contributed by atoms with van der Waals surface area (Å²) in [7, 11) is 0. The second-order valence-corrected chi connectivity index (χ2v) is 4.99. The molecular formula is C15H12Cl2O. The van der Waals surface area contributed by atoms with E-state index < -0.39 is 0 Å². The fraction of sp³-hybridized carbons (Fsp3) is 0.133. The zero-order valence-electron chi connectivity index (χ0n) is 9.91. The molecule has 0 bridgehead atoms.